The van der Waals surface area contributed by atoms with Crippen LogP contribution in [0.15, 0.2) is 17.6 Å². The Balaban J connectivity index is 0. The zero-order valence-corrected chi connectivity index (χ0v) is 7.73. The van der Waals surface area contributed by atoms with E-state index in [2.05, 4.69) is 40.6 Å². The Kier molecular flexibility index (Phi) is 20.9. The van der Waals surface area contributed by atoms with Gasteiger partial charge >= 0.3 is 0 Å². The zero-order valence-electron chi connectivity index (χ0n) is 5.20. The van der Waals surface area contributed by atoms with Gasteiger partial charge < -0.3 is 0 Å². The van der Waals surface area contributed by atoms with E-state index in [1.165, 1.54) is 10.8 Å². The van der Waals surface area contributed by atoms with Crippen LogP contribution >= 0.6 is 34.7 Å². The minimum absolute atomic E-state index is 0.587. The summed E-state index contributed by atoms with van der Waals surface area (Å²) >= 11 is 7.96. The number of thiol groups is 1. The first-order valence-electron chi connectivity index (χ1n) is 2.15. The van der Waals surface area contributed by atoms with E-state index in [0.717, 1.165) is 0 Å². The quantitative estimate of drug-likeness (QED) is 0.230. The highest BCUT2D eigenvalue weighted by molar-refractivity contribution is 8.68. The van der Waals surface area contributed by atoms with Gasteiger partial charge in [-0.05, 0) is 18.5 Å². The van der Waals surface area contributed by atoms with Crippen LogP contribution in [0, 0.1) is 0 Å². The third-order valence-electron chi connectivity index (χ3n) is 0.285. The molecule has 0 aromatic carbocycles. The second-order valence-electron chi connectivity index (χ2n) is 0.903. The zero-order chi connectivity index (χ0) is 7.54. The number of hydrogen-bond donors (Lipinski definition) is 1. The van der Waals surface area contributed by atoms with Crippen LogP contribution in [-0.2, 0) is 0 Å². The normalized spacial score (nSPS) is 6.00. The van der Waals surface area contributed by atoms with Gasteiger partial charge in [-0.2, -0.15) is 0 Å². The molecule has 0 N–H and O–H groups in total. The molecule has 0 bridgehead atoms. The summed E-state index contributed by atoms with van der Waals surface area (Å²) in [6.45, 7) is 4.00. The van der Waals surface area contributed by atoms with Crippen LogP contribution in [0.3, 0.4) is 0 Å². The maximum absolute atomic E-state index is 4.25. The van der Waals surface area contributed by atoms with E-state index in [4.69, 9.17) is 0 Å². The van der Waals surface area contributed by atoms with Crippen LogP contribution in [0.1, 0.15) is 0 Å². The van der Waals surface area contributed by atoms with Crippen LogP contribution in [0.25, 0.3) is 0 Å². The van der Waals surface area contributed by atoms with Gasteiger partial charge in [0.25, 0.3) is 0 Å². The van der Waals surface area contributed by atoms with Crippen molar-refractivity contribution in [3.63, 3.8) is 0 Å². The molecule has 0 radical (unpaired) electrons. The smallest absolute Gasteiger partial charge is 0.0671 e. The van der Waals surface area contributed by atoms with Gasteiger partial charge in [0.15, 0.2) is 0 Å². The van der Waals surface area contributed by atoms with Crippen molar-refractivity contribution in [1.82, 2.24) is 0 Å². The average molecular weight is 179 g/mol. The highest BCUT2D eigenvalue weighted by Gasteiger charge is 1.56. The highest BCUT2D eigenvalue weighted by atomic mass is 33.1. The van der Waals surface area contributed by atoms with Crippen molar-refractivity contribution in [1.29, 1.82) is 0 Å². The van der Waals surface area contributed by atoms with E-state index in [1.54, 1.807) is 6.08 Å². The lowest BCUT2D eigenvalue weighted by Gasteiger charge is -1.65. The third-order valence-corrected chi connectivity index (χ3v) is 0.414. The molecule has 0 heterocycles. The molecule has 0 fully saturated rings. The number of thiocarbonyl (C=S) groups is 1. The molecule has 0 spiro atoms. The molecule has 4 heteroatoms. The summed E-state index contributed by atoms with van der Waals surface area (Å²) in [6.07, 6.45) is 3.57. The predicted molar refractivity (Wildman–Crippen MR) is 52.6 cm³/mol. The molecule has 0 amide bonds. The first kappa shape index (κ1) is 12.0. The van der Waals surface area contributed by atoms with E-state index < -0.39 is 0 Å². The highest BCUT2D eigenvalue weighted by Crippen LogP contribution is 1.91. The molecular formula is C5H9NS3. The van der Waals surface area contributed by atoms with Crippen molar-refractivity contribution in [3.05, 3.63) is 12.7 Å². The Bertz CT molecular complexity index is 96.4. The van der Waals surface area contributed by atoms with Gasteiger partial charge in [-0.15, -0.1) is 29.0 Å². The number of isothiocyanates is 1. The van der Waals surface area contributed by atoms with Crippen LogP contribution in [0.2, 0.25) is 0 Å². The van der Waals surface area contributed by atoms with E-state index in [1.807, 2.05) is 6.26 Å². The molecule has 0 saturated heterocycles. The van der Waals surface area contributed by atoms with Gasteiger partial charge in [0.2, 0.25) is 0 Å². The number of hydrogen-bond acceptors (Lipinski definition) is 4. The molecule has 0 aromatic heterocycles. The van der Waals surface area contributed by atoms with E-state index >= 15 is 0 Å². The van der Waals surface area contributed by atoms with Gasteiger partial charge in [-0.25, -0.2) is 4.99 Å². The van der Waals surface area contributed by atoms with Gasteiger partial charge in [0.05, 0.1) is 11.7 Å². The molecule has 0 rings (SSSR count). The molecule has 52 valence electrons. The standard InChI is InChI=1S/C4H5NS.CH4S2/c1-2-3-5-4-6;1-3-2/h2H,1,3H2;2H,1H3. The maximum Gasteiger partial charge on any atom is 0.0671 e. The number of rotatable bonds is 2. The summed E-state index contributed by atoms with van der Waals surface area (Å²) in [5, 5.41) is 2.21. The molecule has 0 aliphatic carbocycles. The van der Waals surface area contributed by atoms with Crippen molar-refractivity contribution in [2.75, 3.05) is 12.8 Å². The van der Waals surface area contributed by atoms with Crippen molar-refractivity contribution in [3.8, 4) is 0 Å². The lowest BCUT2D eigenvalue weighted by molar-refractivity contribution is 1.27. The minimum atomic E-state index is 0.587. The average Bonchev–Trinajstić information content (AvgIpc) is 1.86. The lowest BCUT2D eigenvalue weighted by atomic mass is 10.7. The molecule has 1 nitrogen and oxygen atoms in total. The Morgan fingerprint density at radius 2 is 2.44 bits per heavy atom. The van der Waals surface area contributed by atoms with Gasteiger partial charge in [0, 0.05) is 0 Å². The van der Waals surface area contributed by atoms with Crippen LogP contribution < -0.4 is 0 Å². The van der Waals surface area contributed by atoms with Crippen molar-refractivity contribution < 1.29 is 0 Å². The van der Waals surface area contributed by atoms with Crippen LogP contribution in [-0.4, -0.2) is 18.0 Å². The minimum Gasteiger partial charge on any atom is -0.228 e. The second-order valence-corrected chi connectivity index (χ2v) is 2.55. The SMILES string of the molecule is C=CCN=C=S.CSS. The van der Waals surface area contributed by atoms with Crippen LogP contribution in [0.4, 0.5) is 0 Å². The largest absolute Gasteiger partial charge is 0.228 e. The van der Waals surface area contributed by atoms with Crippen LogP contribution in [0.5, 0.6) is 0 Å². The molecule has 0 unspecified atom stereocenters. The second kappa shape index (κ2) is 15.7. The monoisotopic (exact) mass is 179 g/mol. The first-order chi connectivity index (χ1) is 4.33. The summed E-state index contributed by atoms with van der Waals surface area (Å²) in [6, 6.07) is 0. The summed E-state index contributed by atoms with van der Waals surface area (Å²) < 4.78 is 0. The van der Waals surface area contributed by atoms with Gasteiger partial charge in [-0.1, -0.05) is 6.08 Å². The summed E-state index contributed by atoms with van der Waals surface area (Å²) in [7, 11) is 1.44. The molecule has 0 atom stereocenters. The first-order valence-corrected chi connectivity index (χ1v) is 4.84. The lowest BCUT2D eigenvalue weighted by Crippen LogP contribution is -1.61. The number of aliphatic imine (C=N–C) groups is 1. The molecule has 9 heavy (non-hydrogen) atoms. The van der Waals surface area contributed by atoms with Gasteiger partial charge in [0.1, 0.15) is 0 Å². The summed E-state index contributed by atoms with van der Waals surface area (Å²) in [5.74, 6) is 0. The fourth-order valence-electron chi connectivity index (χ4n) is 0.102. The molecule has 0 aromatic rings. The molecular weight excluding hydrogens is 170 g/mol. The van der Waals surface area contributed by atoms with E-state index in [9.17, 15) is 0 Å². The van der Waals surface area contributed by atoms with Crippen molar-refractivity contribution in [2.24, 2.45) is 4.99 Å². The molecule has 0 aliphatic rings. The fourth-order valence-corrected chi connectivity index (χ4v) is 0.176. The molecule has 0 saturated carbocycles. The van der Waals surface area contributed by atoms with Crippen molar-refractivity contribution >= 4 is 39.8 Å². The topological polar surface area (TPSA) is 12.4 Å². The number of nitrogens with zero attached hydrogens (tertiary/aromatic N) is 1. The van der Waals surface area contributed by atoms with E-state index in [0.29, 0.717) is 6.54 Å². The maximum atomic E-state index is 4.25. The Morgan fingerprint density at radius 1 is 2.00 bits per heavy atom. The Labute approximate surface area is 70.4 Å². The Morgan fingerprint density at radius 3 is 2.56 bits per heavy atom. The summed E-state index contributed by atoms with van der Waals surface area (Å²) in [5.41, 5.74) is 0. The van der Waals surface area contributed by atoms with Crippen molar-refractivity contribution in [2.45, 2.75) is 0 Å². The third kappa shape index (κ3) is 30.6. The Hall–Kier alpha value is 0.240. The van der Waals surface area contributed by atoms with Gasteiger partial charge in [-0.3, -0.25) is 0 Å². The fraction of sp³-hybridized carbons (Fsp3) is 0.400. The van der Waals surface area contributed by atoms with E-state index in [-0.39, 0.29) is 0 Å². The predicted octanol–water partition coefficient (Wildman–Crippen LogP) is 2.47. The summed E-state index contributed by atoms with van der Waals surface area (Å²) in [4.78, 5) is 3.54. The molecule has 0 aliphatic heterocycles.